The number of carboxylic acids is 1. The van der Waals surface area contributed by atoms with E-state index in [4.69, 9.17) is 5.11 Å². The second kappa shape index (κ2) is 4.18. The quantitative estimate of drug-likeness (QED) is 0.857. The molecule has 0 amide bonds. The number of aromatic carboxylic acids is 1. The van der Waals surface area contributed by atoms with Crippen LogP contribution in [0.3, 0.4) is 0 Å². The Morgan fingerprint density at radius 2 is 2.20 bits per heavy atom. The predicted octanol–water partition coefficient (Wildman–Crippen LogP) is 1.83. The summed E-state index contributed by atoms with van der Waals surface area (Å²) in [6, 6.07) is 6.92. The normalized spacial score (nSPS) is 10.1. The third-order valence-electron chi connectivity index (χ3n) is 2.02. The number of nitrogens with zero attached hydrogens (tertiary/aromatic N) is 2. The third-order valence-corrected chi connectivity index (χ3v) is 2.58. The molecular weight excluding hydrogens is 212 g/mol. The van der Waals surface area contributed by atoms with Crippen LogP contribution in [-0.2, 0) is 6.42 Å². The minimum atomic E-state index is -0.909. The van der Waals surface area contributed by atoms with Crippen molar-refractivity contribution in [3.05, 3.63) is 46.5 Å². The maximum atomic E-state index is 10.9. The molecule has 1 N–H and O–H groups in total. The summed E-state index contributed by atoms with van der Waals surface area (Å²) in [6.45, 7) is 0. The second-order valence-corrected chi connectivity index (χ2v) is 3.65. The van der Waals surface area contributed by atoms with E-state index in [2.05, 4.69) is 9.59 Å². The van der Waals surface area contributed by atoms with Crippen LogP contribution in [0.2, 0.25) is 0 Å². The molecule has 0 bridgehead atoms. The summed E-state index contributed by atoms with van der Waals surface area (Å²) in [6.07, 6.45) is 0.513. The standard InChI is InChI=1S/C10H8N2O2S/c13-10(14)9-4-2-1-3-7(9)5-8-6-15-12-11-8/h1-4,6H,5H2,(H,13,14). The van der Waals surface area contributed by atoms with Gasteiger partial charge in [0.15, 0.2) is 0 Å². The van der Waals surface area contributed by atoms with Crippen LogP contribution in [-0.4, -0.2) is 20.7 Å². The number of benzene rings is 1. The lowest BCUT2D eigenvalue weighted by molar-refractivity contribution is 0.0696. The first-order valence-corrected chi connectivity index (χ1v) is 5.18. The van der Waals surface area contributed by atoms with Crippen molar-refractivity contribution in [3.63, 3.8) is 0 Å². The first-order valence-electron chi connectivity index (χ1n) is 4.34. The topological polar surface area (TPSA) is 63.1 Å². The molecule has 0 atom stereocenters. The van der Waals surface area contributed by atoms with Gasteiger partial charge in [-0.05, 0) is 23.2 Å². The van der Waals surface area contributed by atoms with Crippen molar-refractivity contribution >= 4 is 17.5 Å². The van der Waals surface area contributed by atoms with Gasteiger partial charge in [-0.1, -0.05) is 22.7 Å². The summed E-state index contributed by atoms with van der Waals surface area (Å²) in [7, 11) is 0. The number of aromatic nitrogens is 2. The molecule has 0 aliphatic heterocycles. The van der Waals surface area contributed by atoms with Crippen LogP contribution in [0.1, 0.15) is 21.6 Å². The average molecular weight is 220 g/mol. The Bertz CT molecular complexity index is 468. The fourth-order valence-electron chi connectivity index (χ4n) is 1.34. The van der Waals surface area contributed by atoms with Gasteiger partial charge in [0, 0.05) is 11.8 Å². The lowest BCUT2D eigenvalue weighted by Crippen LogP contribution is -2.02. The SMILES string of the molecule is O=C(O)c1ccccc1Cc1csnn1. The molecule has 2 aromatic rings. The smallest absolute Gasteiger partial charge is 0.335 e. The second-order valence-electron chi connectivity index (χ2n) is 3.04. The van der Waals surface area contributed by atoms with Gasteiger partial charge in [0.1, 0.15) is 0 Å². The average Bonchev–Trinajstić information content (AvgIpc) is 2.71. The van der Waals surface area contributed by atoms with Crippen molar-refractivity contribution in [3.8, 4) is 0 Å². The van der Waals surface area contributed by atoms with Crippen LogP contribution in [0.4, 0.5) is 0 Å². The minimum Gasteiger partial charge on any atom is -0.478 e. The molecule has 0 radical (unpaired) electrons. The van der Waals surface area contributed by atoms with E-state index in [1.54, 1.807) is 18.2 Å². The monoisotopic (exact) mass is 220 g/mol. The molecule has 0 saturated carbocycles. The third kappa shape index (κ3) is 2.19. The van der Waals surface area contributed by atoms with E-state index < -0.39 is 5.97 Å². The van der Waals surface area contributed by atoms with Crippen LogP contribution < -0.4 is 0 Å². The lowest BCUT2D eigenvalue weighted by atomic mass is 10.0. The highest BCUT2D eigenvalue weighted by atomic mass is 32.1. The largest absolute Gasteiger partial charge is 0.478 e. The van der Waals surface area contributed by atoms with Crippen LogP contribution in [0.15, 0.2) is 29.6 Å². The molecule has 0 fully saturated rings. The molecule has 4 nitrogen and oxygen atoms in total. The van der Waals surface area contributed by atoms with Crippen molar-refractivity contribution in [2.24, 2.45) is 0 Å². The molecule has 0 saturated heterocycles. The number of rotatable bonds is 3. The Morgan fingerprint density at radius 3 is 2.87 bits per heavy atom. The van der Waals surface area contributed by atoms with Crippen molar-refractivity contribution in [2.75, 3.05) is 0 Å². The van der Waals surface area contributed by atoms with E-state index in [0.717, 1.165) is 11.3 Å². The lowest BCUT2D eigenvalue weighted by Gasteiger charge is -2.02. The minimum absolute atomic E-state index is 0.325. The first-order chi connectivity index (χ1) is 7.27. The Morgan fingerprint density at radius 1 is 1.40 bits per heavy atom. The zero-order valence-electron chi connectivity index (χ0n) is 7.75. The molecule has 1 aromatic heterocycles. The summed E-state index contributed by atoms with van der Waals surface area (Å²) < 4.78 is 3.74. The van der Waals surface area contributed by atoms with Crippen molar-refractivity contribution in [1.29, 1.82) is 0 Å². The number of carbonyl (C=O) groups is 1. The van der Waals surface area contributed by atoms with Crippen LogP contribution in [0, 0.1) is 0 Å². The highest BCUT2D eigenvalue weighted by molar-refractivity contribution is 7.03. The first kappa shape index (κ1) is 9.79. The Labute approximate surface area is 90.4 Å². The van der Waals surface area contributed by atoms with Gasteiger partial charge in [-0.15, -0.1) is 5.10 Å². The number of carboxylic acid groups (broad SMARTS) is 1. The van der Waals surface area contributed by atoms with E-state index >= 15 is 0 Å². The molecule has 0 aliphatic carbocycles. The van der Waals surface area contributed by atoms with Gasteiger partial charge >= 0.3 is 5.97 Å². The van der Waals surface area contributed by atoms with E-state index in [-0.39, 0.29) is 0 Å². The summed E-state index contributed by atoms with van der Waals surface area (Å²) >= 11 is 1.26. The highest BCUT2D eigenvalue weighted by Gasteiger charge is 2.10. The molecule has 1 aromatic carbocycles. The van der Waals surface area contributed by atoms with Gasteiger partial charge in [-0.3, -0.25) is 0 Å². The molecule has 0 spiro atoms. The molecule has 15 heavy (non-hydrogen) atoms. The Balaban J connectivity index is 2.32. The fourth-order valence-corrected chi connectivity index (χ4v) is 1.79. The predicted molar refractivity (Wildman–Crippen MR) is 56.1 cm³/mol. The van der Waals surface area contributed by atoms with Crippen molar-refractivity contribution < 1.29 is 9.90 Å². The summed E-state index contributed by atoms with van der Waals surface area (Å²) in [5.74, 6) is -0.909. The summed E-state index contributed by atoms with van der Waals surface area (Å²) in [5, 5.41) is 14.7. The molecule has 2 rings (SSSR count). The van der Waals surface area contributed by atoms with Crippen LogP contribution in [0.25, 0.3) is 0 Å². The highest BCUT2D eigenvalue weighted by Crippen LogP contribution is 2.13. The van der Waals surface area contributed by atoms with Crippen molar-refractivity contribution in [2.45, 2.75) is 6.42 Å². The van der Waals surface area contributed by atoms with E-state index in [9.17, 15) is 4.79 Å². The van der Waals surface area contributed by atoms with Crippen LogP contribution >= 0.6 is 11.5 Å². The Hall–Kier alpha value is -1.75. The van der Waals surface area contributed by atoms with Crippen molar-refractivity contribution in [1.82, 2.24) is 9.59 Å². The van der Waals surface area contributed by atoms with E-state index in [1.165, 1.54) is 11.5 Å². The summed E-state index contributed by atoms with van der Waals surface area (Å²) in [4.78, 5) is 10.9. The van der Waals surface area contributed by atoms with Gasteiger partial charge in [0.05, 0.1) is 11.3 Å². The van der Waals surface area contributed by atoms with Gasteiger partial charge in [0.2, 0.25) is 0 Å². The van der Waals surface area contributed by atoms with Gasteiger partial charge in [-0.25, -0.2) is 4.79 Å². The number of hydrogen-bond acceptors (Lipinski definition) is 4. The van der Waals surface area contributed by atoms with E-state index in [1.807, 2.05) is 11.4 Å². The molecule has 0 unspecified atom stereocenters. The molecule has 0 aliphatic rings. The number of hydrogen-bond donors (Lipinski definition) is 1. The maximum absolute atomic E-state index is 10.9. The molecular formula is C10H8N2O2S. The van der Waals surface area contributed by atoms with Gasteiger partial charge in [-0.2, -0.15) is 0 Å². The molecule has 1 heterocycles. The van der Waals surface area contributed by atoms with Gasteiger partial charge < -0.3 is 5.11 Å². The Kier molecular flexibility index (Phi) is 2.73. The van der Waals surface area contributed by atoms with Crippen LogP contribution in [0.5, 0.6) is 0 Å². The maximum Gasteiger partial charge on any atom is 0.335 e. The fraction of sp³-hybridized carbons (Fsp3) is 0.100. The van der Waals surface area contributed by atoms with Gasteiger partial charge in [0.25, 0.3) is 0 Å². The zero-order valence-corrected chi connectivity index (χ0v) is 8.57. The molecule has 76 valence electrons. The zero-order chi connectivity index (χ0) is 10.7. The summed E-state index contributed by atoms with van der Waals surface area (Å²) in [5.41, 5.74) is 1.89. The van der Waals surface area contributed by atoms with E-state index in [0.29, 0.717) is 12.0 Å². The molecule has 5 heteroatoms.